The number of hydrogen-bond donors (Lipinski definition) is 2. The molecule has 1 saturated carbocycles. The Balaban J connectivity index is 2.39. The minimum atomic E-state index is -0.490. The Morgan fingerprint density at radius 1 is 1.14 bits per heavy atom. The van der Waals surface area contributed by atoms with E-state index in [4.69, 9.17) is 5.11 Å². The summed E-state index contributed by atoms with van der Waals surface area (Å²) in [6.45, 7) is 6.80. The van der Waals surface area contributed by atoms with E-state index >= 15 is 0 Å². The summed E-state index contributed by atoms with van der Waals surface area (Å²) in [5.41, 5.74) is 0.398. The lowest BCUT2D eigenvalue weighted by Gasteiger charge is -2.38. The van der Waals surface area contributed by atoms with Gasteiger partial charge in [-0.25, -0.2) is 0 Å². The van der Waals surface area contributed by atoms with Crippen LogP contribution in [0.2, 0.25) is 0 Å². The number of aliphatic hydroxyl groups excluding tert-OH is 2. The SMILES string of the molecule is CC(C)(C)C1CCC(C(O)CO)CC1. The number of aliphatic hydroxyl groups is 2. The van der Waals surface area contributed by atoms with Gasteiger partial charge < -0.3 is 10.2 Å². The summed E-state index contributed by atoms with van der Waals surface area (Å²) in [4.78, 5) is 0. The van der Waals surface area contributed by atoms with E-state index in [9.17, 15) is 5.11 Å². The summed E-state index contributed by atoms with van der Waals surface area (Å²) in [6, 6.07) is 0. The van der Waals surface area contributed by atoms with E-state index in [-0.39, 0.29) is 6.61 Å². The highest BCUT2D eigenvalue weighted by atomic mass is 16.3. The molecule has 1 atom stereocenters. The molecule has 2 nitrogen and oxygen atoms in total. The van der Waals surface area contributed by atoms with Crippen molar-refractivity contribution in [3.63, 3.8) is 0 Å². The Kier molecular flexibility index (Phi) is 3.96. The molecule has 0 amide bonds. The first-order chi connectivity index (χ1) is 6.45. The van der Waals surface area contributed by atoms with Gasteiger partial charge in [0.05, 0.1) is 12.7 Å². The van der Waals surface area contributed by atoms with Crippen LogP contribution in [0, 0.1) is 17.3 Å². The van der Waals surface area contributed by atoms with E-state index in [0.717, 1.165) is 18.8 Å². The van der Waals surface area contributed by atoms with Crippen LogP contribution in [0.3, 0.4) is 0 Å². The fourth-order valence-corrected chi connectivity index (χ4v) is 2.52. The lowest BCUT2D eigenvalue weighted by molar-refractivity contribution is 0.0154. The second-order valence-corrected chi connectivity index (χ2v) is 5.73. The van der Waals surface area contributed by atoms with Crippen molar-refractivity contribution in [3.05, 3.63) is 0 Å². The van der Waals surface area contributed by atoms with E-state index in [1.807, 2.05) is 0 Å². The van der Waals surface area contributed by atoms with E-state index in [2.05, 4.69) is 20.8 Å². The summed E-state index contributed by atoms with van der Waals surface area (Å²) >= 11 is 0. The zero-order valence-electron chi connectivity index (χ0n) is 9.66. The maximum atomic E-state index is 9.52. The molecule has 1 rings (SSSR count). The van der Waals surface area contributed by atoms with E-state index in [1.54, 1.807) is 0 Å². The molecule has 1 aliphatic carbocycles. The van der Waals surface area contributed by atoms with Gasteiger partial charge >= 0.3 is 0 Å². The third kappa shape index (κ3) is 2.96. The van der Waals surface area contributed by atoms with Crippen LogP contribution in [-0.4, -0.2) is 22.9 Å². The van der Waals surface area contributed by atoms with Gasteiger partial charge in [0.25, 0.3) is 0 Å². The molecule has 1 aliphatic rings. The standard InChI is InChI=1S/C12H24O2/c1-12(2,3)10-6-4-9(5-7-10)11(14)8-13/h9-11,13-14H,4-8H2,1-3H3. The van der Waals surface area contributed by atoms with E-state index in [1.165, 1.54) is 12.8 Å². The van der Waals surface area contributed by atoms with Gasteiger partial charge in [0.15, 0.2) is 0 Å². The molecule has 0 saturated heterocycles. The van der Waals surface area contributed by atoms with Gasteiger partial charge in [-0.1, -0.05) is 20.8 Å². The number of hydrogen-bond acceptors (Lipinski definition) is 2. The average molecular weight is 200 g/mol. The summed E-state index contributed by atoms with van der Waals surface area (Å²) in [7, 11) is 0. The summed E-state index contributed by atoms with van der Waals surface area (Å²) in [5.74, 6) is 1.11. The molecule has 0 aliphatic heterocycles. The second-order valence-electron chi connectivity index (χ2n) is 5.73. The minimum absolute atomic E-state index is 0.0785. The van der Waals surface area contributed by atoms with Gasteiger partial charge in [-0.15, -0.1) is 0 Å². The Hall–Kier alpha value is -0.0800. The Bertz CT molecular complexity index is 164. The van der Waals surface area contributed by atoms with Crippen molar-refractivity contribution in [2.45, 2.75) is 52.6 Å². The van der Waals surface area contributed by atoms with Crippen molar-refractivity contribution >= 4 is 0 Å². The third-order valence-corrected chi connectivity index (χ3v) is 3.73. The fourth-order valence-electron chi connectivity index (χ4n) is 2.52. The molecule has 1 fully saturated rings. The minimum Gasteiger partial charge on any atom is -0.394 e. The van der Waals surface area contributed by atoms with Crippen molar-refractivity contribution in [3.8, 4) is 0 Å². The van der Waals surface area contributed by atoms with Crippen LogP contribution in [0.5, 0.6) is 0 Å². The summed E-state index contributed by atoms with van der Waals surface area (Å²) < 4.78 is 0. The lowest BCUT2D eigenvalue weighted by atomic mass is 9.69. The van der Waals surface area contributed by atoms with Crippen LogP contribution in [-0.2, 0) is 0 Å². The highest BCUT2D eigenvalue weighted by Gasteiger charge is 2.31. The molecule has 1 unspecified atom stereocenters. The van der Waals surface area contributed by atoms with Gasteiger partial charge in [0.1, 0.15) is 0 Å². The lowest BCUT2D eigenvalue weighted by Crippen LogP contribution is -2.32. The highest BCUT2D eigenvalue weighted by molar-refractivity contribution is 4.82. The molecule has 0 radical (unpaired) electrons. The normalized spacial score (nSPS) is 31.5. The van der Waals surface area contributed by atoms with Gasteiger partial charge in [-0.2, -0.15) is 0 Å². The molecule has 84 valence electrons. The van der Waals surface area contributed by atoms with Crippen LogP contribution in [0.15, 0.2) is 0 Å². The maximum Gasteiger partial charge on any atom is 0.0799 e. The molecular weight excluding hydrogens is 176 g/mol. The van der Waals surface area contributed by atoms with Crippen LogP contribution in [0.25, 0.3) is 0 Å². The van der Waals surface area contributed by atoms with Crippen molar-refractivity contribution in [2.24, 2.45) is 17.3 Å². The highest BCUT2D eigenvalue weighted by Crippen LogP contribution is 2.40. The van der Waals surface area contributed by atoms with E-state index in [0.29, 0.717) is 11.3 Å². The molecule has 0 heterocycles. The second kappa shape index (κ2) is 4.63. The van der Waals surface area contributed by atoms with Gasteiger partial charge in [-0.3, -0.25) is 0 Å². The zero-order valence-corrected chi connectivity index (χ0v) is 9.66. The smallest absolute Gasteiger partial charge is 0.0799 e. The van der Waals surface area contributed by atoms with Crippen molar-refractivity contribution < 1.29 is 10.2 Å². The molecule has 0 bridgehead atoms. The number of rotatable bonds is 2. The Morgan fingerprint density at radius 2 is 1.64 bits per heavy atom. The fraction of sp³-hybridized carbons (Fsp3) is 1.00. The molecule has 0 aromatic carbocycles. The van der Waals surface area contributed by atoms with Crippen LogP contribution >= 0.6 is 0 Å². The Labute approximate surface area is 87.3 Å². The van der Waals surface area contributed by atoms with Gasteiger partial charge in [0.2, 0.25) is 0 Å². The molecule has 0 aromatic rings. The summed E-state index contributed by atoms with van der Waals surface area (Å²) in [5, 5.41) is 18.4. The quantitative estimate of drug-likeness (QED) is 0.717. The van der Waals surface area contributed by atoms with Crippen LogP contribution in [0.1, 0.15) is 46.5 Å². The third-order valence-electron chi connectivity index (χ3n) is 3.73. The van der Waals surface area contributed by atoms with Gasteiger partial charge in [0, 0.05) is 0 Å². The van der Waals surface area contributed by atoms with Crippen LogP contribution in [0.4, 0.5) is 0 Å². The average Bonchev–Trinajstić information content (AvgIpc) is 2.15. The topological polar surface area (TPSA) is 40.5 Å². The first kappa shape index (κ1) is 12.0. The van der Waals surface area contributed by atoms with Gasteiger partial charge in [-0.05, 0) is 42.9 Å². The molecule has 2 N–H and O–H groups in total. The largest absolute Gasteiger partial charge is 0.394 e. The molecule has 2 heteroatoms. The van der Waals surface area contributed by atoms with Crippen molar-refractivity contribution in [1.29, 1.82) is 0 Å². The van der Waals surface area contributed by atoms with Crippen molar-refractivity contribution in [1.82, 2.24) is 0 Å². The van der Waals surface area contributed by atoms with E-state index < -0.39 is 6.10 Å². The predicted octanol–water partition coefficient (Wildman–Crippen LogP) is 2.19. The molecular formula is C12H24O2. The summed E-state index contributed by atoms with van der Waals surface area (Å²) in [6.07, 6.45) is 4.06. The predicted molar refractivity (Wildman–Crippen MR) is 58.0 cm³/mol. The Morgan fingerprint density at radius 3 is 2.00 bits per heavy atom. The first-order valence-electron chi connectivity index (χ1n) is 5.74. The molecule has 14 heavy (non-hydrogen) atoms. The monoisotopic (exact) mass is 200 g/mol. The van der Waals surface area contributed by atoms with Crippen molar-refractivity contribution in [2.75, 3.05) is 6.61 Å². The zero-order chi connectivity index (χ0) is 10.8. The molecule has 0 spiro atoms. The molecule has 0 aromatic heterocycles. The van der Waals surface area contributed by atoms with Crippen LogP contribution < -0.4 is 0 Å². The maximum absolute atomic E-state index is 9.52. The first-order valence-corrected chi connectivity index (χ1v) is 5.74.